The second-order valence-electron chi connectivity index (χ2n) is 4.82. The number of halogens is 1. The number of hydrogen-bond donors (Lipinski definition) is 0. The molecule has 0 saturated heterocycles. The van der Waals surface area contributed by atoms with Crippen LogP contribution >= 0.6 is 11.6 Å². The van der Waals surface area contributed by atoms with Crippen molar-refractivity contribution in [3.63, 3.8) is 0 Å². The third-order valence-electron chi connectivity index (χ3n) is 3.25. The molecule has 1 aromatic heterocycles. The van der Waals surface area contributed by atoms with Crippen LogP contribution in [0.1, 0.15) is 57.2 Å². The molecule has 0 unspecified atom stereocenters. The Bertz CT molecular complexity index is 436. The highest BCUT2D eigenvalue weighted by Crippen LogP contribution is 2.38. The molecule has 0 aromatic carbocycles. The fourth-order valence-corrected chi connectivity index (χ4v) is 2.71. The van der Waals surface area contributed by atoms with Crippen LogP contribution in [-0.4, -0.2) is 14.7 Å². The molecule has 1 heterocycles. The van der Waals surface area contributed by atoms with Crippen molar-refractivity contribution in [2.75, 3.05) is 0 Å². The molecule has 1 aliphatic carbocycles. The lowest BCUT2D eigenvalue weighted by molar-refractivity contribution is -0.385. The summed E-state index contributed by atoms with van der Waals surface area (Å²) in [5, 5.41) is 15.6. The molecule has 0 atom stereocenters. The Kier molecular flexibility index (Phi) is 3.38. The molecule has 0 N–H and O–H groups in total. The molecule has 0 aliphatic heterocycles. The Hall–Kier alpha value is -1.10. The summed E-state index contributed by atoms with van der Waals surface area (Å²) in [7, 11) is 0. The molecule has 17 heavy (non-hydrogen) atoms. The summed E-state index contributed by atoms with van der Waals surface area (Å²) in [6.45, 7) is 3.79. The molecule has 0 spiro atoms. The van der Waals surface area contributed by atoms with Gasteiger partial charge in [-0.3, -0.25) is 10.1 Å². The first-order chi connectivity index (χ1) is 8.02. The van der Waals surface area contributed by atoms with E-state index in [0.717, 1.165) is 25.7 Å². The molecule has 94 valence electrons. The maximum absolute atomic E-state index is 11.0. The Morgan fingerprint density at radius 1 is 1.47 bits per heavy atom. The van der Waals surface area contributed by atoms with Gasteiger partial charge in [0.25, 0.3) is 0 Å². The van der Waals surface area contributed by atoms with Gasteiger partial charge in [0.1, 0.15) is 5.69 Å². The first-order valence-corrected chi connectivity index (χ1v) is 6.32. The summed E-state index contributed by atoms with van der Waals surface area (Å²) in [6, 6.07) is 0.230. The number of nitrogens with zero attached hydrogens (tertiary/aromatic N) is 3. The lowest BCUT2D eigenvalue weighted by atomic mass is 10.1. The van der Waals surface area contributed by atoms with Gasteiger partial charge >= 0.3 is 5.69 Å². The van der Waals surface area contributed by atoms with E-state index in [9.17, 15) is 10.1 Å². The van der Waals surface area contributed by atoms with E-state index in [0.29, 0.717) is 5.69 Å². The van der Waals surface area contributed by atoms with Crippen molar-refractivity contribution in [1.82, 2.24) is 9.78 Å². The molecular formula is C11H16ClN3O2. The van der Waals surface area contributed by atoms with Crippen LogP contribution in [-0.2, 0) is 0 Å². The van der Waals surface area contributed by atoms with Gasteiger partial charge in [-0.15, -0.1) is 0 Å². The number of aromatic nitrogens is 2. The highest BCUT2D eigenvalue weighted by Gasteiger charge is 2.31. The van der Waals surface area contributed by atoms with Crippen LogP contribution in [0.25, 0.3) is 0 Å². The van der Waals surface area contributed by atoms with E-state index in [4.69, 9.17) is 11.6 Å². The van der Waals surface area contributed by atoms with Gasteiger partial charge in [0, 0.05) is 5.92 Å². The summed E-state index contributed by atoms with van der Waals surface area (Å²) >= 11 is 6.11. The number of nitro groups is 1. The van der Waals surface area contributed by atoms with Crippen LogP contribution in [0.4, 0.5) is 5.69 Å². The fourth-order valence-electron chi connectivity index (χ4n) is 2.37. The minimum absolute atomic E-state index is 0.00977. The van der Waals surface area contributed by atoms with Gasteiger partial charge in [-0.25, -0.2) is 4.68 Å². The monoisotopic (exact) mass is 257 g/mol. The van der Waals surface area contributed by atoms with Gasteiger partial charge in [-0.2, -0.15) is 5.10 Å². The molecule has 0 radical (unpaired) electrons. The molecule has 0 amide bonds. The Labute approximate surface area is 105 Å². The van der Waals surface area contributed by atoms with Crippen LogP contribution in [0.5, 0.6) is 0 Å². The average molecular weight is 258 g/mol. The molecule has 1 saturated carbocycles. The zero-order valence-electron chi connectivity index (χ0n) is 10.0. The Balaban J connectivity index is 2.47. The van der Waals surface area contributed by atoms with Crippen molar-refractivity contribution in [3.8, 4) is 0 Å². The van der Waals surface area contributed by atoms with Gasteiger partial charge in [0.2, 0.25) is 5.15 Å². The number of rotatable bonds is 3. The van der Waals surface area contributed by atoms with E-state index in [1.165, 1.54) is 0 Å². The van der Waals surface area contributed by atoms with Gasteiger partial charge in [-0.05, 0) is 12.8 Å². The third kappa shape index (κ3) is 2.16. The maximum Gasteiger partial charge on any atom is 0.329 e. The summed E-state index contributed by atoms with van der Waals surface area (Å²) in [5.74, 6) is 0.00977. The topological polar surface area (TPSA) is 61.0 Å². The zero-order chi connectivity index (χ0) is 12.6. The second-order valence-corrected chi connectivity index (χ2v) is 5.18. The largest absolute Gasteiger partial charge is 0.329 e. The molecular weight excluding hydrogens is 242 g/mol. The van der Waals surface area contributed by atoms with Crippen molar-refractivity contribution < 1.29 is 4.92 Å². The first-order valence-electron chi connectivity index (χ1n) is 5.94. The van der Waals surface area contributed by atoms with Crippen molar-refractivity contribution >= 4 is 17.3 Å². The summed E-state index contributed by atoms with van der Waals surface area (Å²) < 4.78 is 1.65. The van der Waals surface area contributed by atoms with Gasteiger partial charge < -0.3 is 0 Å². The van der Waals surface area contributed by atoms with E-state index in [1.54, 1.807) is 4.68 Å². The molecule has 1 aliphatic rings. The van der Waals surface area contributed by atoms with E-state index in [-0.39, 0.29) is 22.8 Å². The van der Waals surface area contributed by atoms with Crippen molar-refractivity contribution in [3.05, 3.63) is 21.0 Å². The first kappa shape index (κ1) is 12.4. The summed E-state index contributed by atoms with van der Waals surface area (Å²) in [6.07, 6.45) is 4.31. The Morgan fingerprint density at radius 2 is 2.06 bits per heavy atom. The predicted octanol–water partition coefficient (Wildman–Crippen LogP) is 3.68. The lowest BCUT2D eigenvalue weighted by Crippen LogP contribution is -2.07. The predicted molar refractivity (Wildman–Crippen MR) is 65.5 cm³/mol. The fraction of sp³-hybridized carbons (Fsp3) is 0.727. The van der Waals surface area contributed by atoms with Crippen LogP contribution in [0.3, 0.4) is 0 Å². The van der Waals surface area contributed by atoms with Crippen molar-refractivity contribution in [1.29, 1.82) is 0 Å². The van der Waals surface area contributed by atoms with Gasteiger partial charge in [-0.1, -0.05) is 38.3 Å². The average Bonchev–Trinajstić information content (AvgIpc) is 2.83. The zero-order valence-corrected chi connectivity index (χ0v) is 10.8. The minimum atomic E-state index is -0.421. The molecule has 1 fully saturated rings. The maximum atomic E-state index is 11.0. The molecule has 6 heteroatoms. The van der Waals surface area contributed by atoms with E-state index in [2.05, 4.69) is 5.10 Å². The van der Waals surface area contributed by atoms with Crippen molar-refractivity contribution in [2.24, 2.45) is 0 Å². The van der Waals surface area contributed by atoms with E-state index in [1.807, 2.05) is 13.8 Å². The van der Waals surface area contributed by atoms with Crippen LogP contribution < -0.4 is 0 Å². The van der Waals surface area contributed by atoms with Gasteiger partial charge in [0.15, 0.2) is 0 Å². The number of hydrogen-bond acceptors (Lipinski definition) is 3. The molecule has 2 rings (SSSR count). The normalized spacial score (nSPS) is 16.9. The van der Waals surface area contributed by atoms with Gasteiger partial charge in [0.05, 0.1) is 11.0 Å². The quantitative estimate of drug-likeness (QED) is 0.613. The third-order valence-corrected chi connectivity index (χ3v) is 3.61. The highest BCUT2D eigenvalue weighted by atomic mass is 35.5. The van der Waals surface area contributed by atoms with Crippen molar-refractivity contribution in [2.45, 2.75) is 51.5 Å². The SMILES string of the molecule is CC(C)c1nn(C2CCCC2)c(Cl)c1[N+](=O)[O-]. The van der Waals surface area contributed by atoms with Crippen LogP contribution in [0.15, 0.2) is 0 Å². The van der Waals surface area contributed by atoms with Crippen LogP contribution in [0, 0.1) is 10.1 Å². The standard InChI is InChI=1S/C11H16ClN3O2/c1-7(2)9-10(15(16)17)11(12)14(13-9)8-5-3-4-6-8/h7-8H,3-6H2,1-2H3. The molecule has 0 bridgehead atoms. The molecule has 5 nitrogen and oxygen atoms in total. The summed E-state index contributed by atoms with van der Waals surface area (Å²) in [4.78, 5) is 10.6. The molecule has 1 aromatic rings. The Morgan fingerprint density at radius 3 is 2.47 bits per heavy atom. The second kappa shape index (κ2) is 4.64. The van der Waals surface area contributed by atoms with Crippen LogP contribution in [0.2, 0.25) is 5.15 Å². The smallest absolute Gasteiger partial charge is 0.258 e. The van der Waals surface area contributed by atoms with E-state index >= 15 is 0 Å². The highest BCUT2D eigenvalue weighted by molar-refractivity contribution is 6.31. The lowest BCUT2D eigenvalue weighted by Gasteiger charge is -2.09. The van der Waals surface area contributed by atoms with E-state index < -0.39 is 4.92 Å². The summed E-state index contributed by atoms with van der Waals surface area (Å²) in [5.41, 5.74) is 0.473. The minimum Gasteiger partial charge on any atom is -0.258 e.